The van der Waals surface area contributed by atoms with Crippen LogP contribution >= 0.6 is 0 Å². The highest BCUT2D eigenvalue weighted by Crippen LogP contribution is 2.11. The number of para-hydroxylation sites is 1. The van der Waals surface area contributed by atoms with Crippen molar-refractivity contribution in [3.63, 3.8) is 0 Å². The van der Waals surface area contributed by atoms with Gasteiger partial charge in [-0.3, -0.25) is 4.79 Å². The lowest BCUT2D eigenvalue weighted by Crippen LogP contribution is -2.21. The van der Waals surface area contributed by atoms with Gasteiger partial charge in [-0.1, -0.05) is 44.4 Å². The fourth-order valence-corrected chi connectivity index (χ4v) is 1.74. The van der Waals surface area contributed by atoms with E-state index in [4.69, 9.17) is 9.47 Å². The molecule has 1 aromatic carbocycles. The Kier molecular flexibility index (Phi) is 7.71. The van der Waals surface area contributed by atoms with E-state index in [1.54, 1.807) is 0 Å². The van der Waals surface area contributed by atoms with Gasteiger partial charge in [0.1, 0.15) is 18.5 Å². The van der Waals surface area contributed by atoms with Crippen LogP contribution in [0.2, 0.25) is 0 Å². The summed E-state index contributed by atoms with van der Waals surface area (Å²) in [4.78, 5) is 11.5. The predicted octanol–water partition coefficient (Wildman–Crippen LogP) is 3.97. The van der Waals surface area contributed by atoms with Crippen molar-refractivity contribution < 1.29 is 14.3 Å². The molecule has 0 bridgehead atoms. The maximum Gasteiger partial charge on any atom is 0.305 e. The van der Waals surface area contributed by atoms with Crippen molar-refractivity contribution in [1.82, 2.24) is 0 Å². The monoisotopic (exact) mass is 264 g/mol. The molecule has 19 heavy (non-hydrogen) atoms. The Morgan fingerprint density at radius 2 is 1.89 bits per heavy atom. The maximum absolute atomic E-state index is 11.5. The lowest BCUT2D eigenvalue weighted by Gasteiger charge is -2.14. The van der Waals surface area contributed by atoms with E-state index >= 15 is 0 Å². The smallest absolute Gasteiger partial charge is 0.305 e. The van der Waals surface area contributed by atoms with Crippen molar-refractivity contribution in [2.45, 2.75) is 52.1 Å². The predicted molar refractivity (Wildman–Crippen MR) is 76.3 cm³/mol. The normalized spacial score (nSPS) is 11.9. The lowest BCUT2D eigenvalue weighted by atomic mass is 10.2. The minimum Gasteiger partial charge on any atom is -0.487 e. The van der Waals surface area contributed by atoms with E-state index in [2.05, 4.69) is 6.92 Å². The van der Waals surface area contributed by atoms with Crippen molar-refractivity contribution in [2.75, 3.05) is 6.61 Å². The molecule has 0 amide bonds. The number of unbranched alkanes of at least 4 members (excludes halogenated alkanes) is 3. The largest absolute Gasteiger partial charge is 0.487 e. The minimum atomic E-state index is -0.125. The van der Waals surface area contributed by atoms with E-state index < -0.39 is 0 Å². The Morgan fingerprint density at radius 1 is 1.16 bits per heavy atom. The summed E-state index contributed by atoms with van der Waals surface area (Å²) in [7, 11) is 0. The molecule has 0 spiro atoms. The van der Waals surface area contributed by atoms with Gasteiger partial charge in [-0.25, -0.2) is 0 Å². The molecule has 0 aliphatic carbocycles. The summed E-state index contributed by atoms with van der Waals surface area (Å²) in [6.07, 6.45) is 4.76. The number of benzene rings is 1. The molecule has 0 fully saturated rings. The Morgan fingerprint density at radius 3 is 2.58 bits per heavy atom. The molecule has 0 saturated carbocycles. The number of carbonyl (C=O) groups excluding carboxylic acids is 1. The molecule has 1 atom stereocenters. The average Bonchev–Trinajstić information content (AvgIpc) is 2.42. The molecule has 3 nitrogen and oxygen atoms in total. The van der Waals surface area contributed by atoms with Crippen molar-refractivity contribution in [3.05, 3.63) is 30.3 Å². The summed E-state index contributed by atoms with van der Waals surface area (Å²) in [5, 5.41) is 0. The molecule has 0 unspecified atom stereocenters. The highest BCUT2D eigenvalue weighted by molar-refractivity contribution is 5.69. The van der Waals surface area contributed by atoms with Crippen LogP contribution in [0.5, 0.6) is 5.75 Å². The molecule has 1 rings (SSSR count). The number of carbonyl (C=O) groups is 1. The van der Waals surface area contributed by atoms with E-state index in [0.29, 0.717) is 13.0 Å². The zero-order chi connectivity index (χ0) is 13.9. The molecule has 0 aliphatic rings. The molecule has 3 heteroatoms. The van der Waals surface area contributed by atoms with Crippen LogP contribution in [0.4, 0.5) is 0 Å². The summed E-state index contributed by atoms with van der Waals surface area (Å²) in [5.41, 5.74) is 0. The fourth-order valence-electron chi connectivity index (χ4n) is 1.74. The van der Waals surface area contributed by atoms with Crippen molar-refractivity contribution >= 4 is 5.97 Å². The van der Waals surface area contributed by atoms with Crippen LogP contribution in [0.3, 0.4) is 0 Å². The number of hydrogen-bond donors (Lipinski definition) is 0. The van der Waals surface area contributed by atoms with Crippen LogP contribution in [-0.2, 0) is 9.53 Å². The number of esters is 1. The molecule has 0 aliphatic heterocycles. The zero-order valence-electron chi connectivity index (χ0n) is 11.9. The van der Waals surface area contributed by atoms with Crippen molar-refractivity contribution in [1.29, 1.82) is 0 Å². The highest BCUT2D eigenvalue weighted by atomic mass is 16.6. The first-order valence-electron chi connectivity index (χ1n) is 7.09. The second-order valence-electron chi connectivity index (χ2n) is 4.74. The molecule has 0 saturated heterocycles. The molecular formula is C16H24O3. The molecule has 106 valence electrons. The average molecular weight is 264 g/mol. The first kappa shape index (κ1) is 15.5. The van der Waals surface area contributed by atoms with Crippen molar-refractivity contribution in [3.8, 4) is 5.75 Å². The molecule has 0 heterocycles. The Hall–Kier alpha value is -1.51. The molecule has 0 radical (unpaired) electrons. The van der Waals surface area contributed by atoms with E-state index in [9.17, 15) is 4.79 Å². The second-order valence-corrected chi connectivity index (χ2v) is 4.74. The van der Waals surface area contributed by atoms with Crippen LogP contribution in [-0.4, -0.2) is 18.7 Å². The minimum absolute atomic E-state index is 0.123. The van der Waals surface area contributed by atoms with Gasteiger partial charge in [0.05, 0.1) is 0 Å². The van der Waals surface area contributed by atoms with Crippen LogP contribution in [0, 0.1) is 0 Å². The third kappa shape index (κ3) is 7.50. The summed E-state index contributed by atoms with van der Waals surface area (Å²) in [5.74, 6) is 0.675. The van der Waals surface area contributed by atoms with Gasteiger partial charge in [0.15, 0.2) is 0 Å². The topological polar surface area (TPSA) is 35.5 Å². The van der Waals surface area contributed by atoms with Gasteiger partial charge in [0, 0.05) is 6.42 Å². The Labute approximate surface area is 115 Å². The summed E-state index contributed by atoms with van der Waals surface area (Å²) in [6, 6.07) is 9.56. The molecular weight excluding hydrogens is 240 g/mol. The molecule has 0 aromatic heterocycles. The zero-order valence-corrected chi connectivity index (χ0v) is 11.9. The van der Waals surface area contributed by atoms with Gasteiger partial charge in [-0.2, -0.15) is 0 Å². The lowest BCUT2D eigenvalue weighted by molar-refractivity contribution is -0.146. The number of rotatable bonds is 9. The third-order valence-electron chi connectivity index (χ3n) is 2.79. The van der Waals surface area contributed by atoms with Gasteiger partial charge in [0.25, 0.3) is 0 Å². The summed E-state index contributed by atoms with van der Waals surface area (Å²) < 4.78 is 10.8. The van der Waals surface area contributed by atoms with Gasteiger partial charge < -0.3 is 9.47 Å². The van der Waals surface area contributed by atoms with Crippen molar-refractivity contribution in [2.24, 2.45) is 0 Å². The third-order valence-corrected chi connectivity index (χ3v) is 2.79. The summed E-state index contributed by atoms with van der Waals surface area (Å²) >= 11 is 0. The number of hydrogen-bond acceptors (Lipinski definition) is 3. The Balaban J connectivity index is 2.12. The highest BCUT2D eigenvalue weighted by Gasteiger charge is 2.08. The Bertz CT molecular complexity index is 348. The van der Waals surface area contributed by atoms with E-state index in [1.165, 1.54) is 12.8 Å². The van der Waals surface area contributed by atoms with E-state index in [-0.39, 0.29) is 12.1 Å². The van der Waals surface area contributed by atoms with Gasteiger partial charge >= 0.3 is 5.97 Å². The standard InChI is InChI=1S/C16H24O3/c1-3-4-5-9-12-16(17)18-13-14(2)19-15-10-7-6-8-11-15/h6-8,10-11,14H,3-5,9,12-13H2,1-2H3/t14-/m0/s1. The maximum atomic E-state index is 11.5. The van der Waals surface area contributed by atoms with Gasteiger partial charge in [0.2, 0.25) is 0 Å². The first-order chi connectivity index (χ1) is 9.22. The molecule has 1 aromatic rings. The van der Waals surface area contributed by atoms with Crippen LogP contribution in [0.1, 0.15) is 46.0 Å². The number of ether oxygens (including phenoxy) is 2. The quantitative estimate of drug-likeness (QED) is 0.500. The molecule has 0 N–H and O–H groups in total. The van der Waals surface area contributed by atoms with E-state index in [1.807, 2.05) is 37.3 Å². The second kappa shape index (κ2) is 9.42. The van der Waals surface area contributed by atoms with Gasteiger partial charge in [-0.15, -0.1) is 0 Å². The van der Waals surface area contributed by atoms with E-state index in [0.717, 1.165) is 18.6 Å². The van der Waals surface area contributed by atoms with Crippen LogP contribution in [0.25, 0.3) is 0 Å². The SMILES string of the molecule is CCCCCCC(=O)OC[C@H](C)Oc1ccccc1. The van der Waals surface area contributed by atoms with Crippen LogP contribution in [0.15, 0.2) is 30.3 Å². The fraction of sp³-hybridized carbons (Fsp3) is 0.562. The van der Waals surface area contributed by atoms with Crippen LogP contribution < -0.4 is 4.74 Å². The van der Waals surface area contributed by atoms with Gasteiger partial charge in [-0.05, 0) is 25.5 Å². The summed E-state index contributed by atoms with van der Waals surface area (Å²) in [6.45, 7) is 4.36. The first-order valence-corrected chi connectivity index (χ1v) is 7.09.